The molecule has 0 spiro atoms. The minimum atomic E-state index is -0.548. The third-order valence-electron chi connectivity index (χ3n) is 6.05. The minimum Gasteiger partial charge on any atom is -0.489 e. The highest BCUT2D eigenvalue weighted by Gasteiger charge is 2.22. The van der Waals surface area contributed by atoms with E-state index in [4.69, 9.17) is 9.47 Å². The van der Waals surface area contributed by atoms with E-state index in [1.54, 1.807) is 0 Å². The Hall–Kier alpha value is -3.65. The summed E-state index contributed by atoms with van der Waals surface area (Å²) in [5.41, 5.74) is 2.03. The van der Waals surface area contributed by atoms with Crippen molar-refractivity contribution in [2.24, 2.45) is 5.92 Å². The number of esters is 1. The second kappa shape index (κ2) is 15.5. The molecule has 3 rings (SSSR count). The number of aliphatic hydroxyl groups is 1. The summed E-state index contributed by atoms with van der Waals surface area (Å²) in [4.78, 5) is 37.0. The van der Waals surface area contributed by atoms with Crippen molar-refractivity contribution in [2.45, 2.75) is 51.2 Å². The first-order valence-corrected chi connectivity index (χ1v) is 12.8. The number of allylic oxidation sites excluding steroid dienone is 2. The maximum absolute atomic E-state index is 12.7. The maximum atomic E-state index is 12.7. The van der Waals surface area contributed by atoms with E-state index < -0.39 is 12.0 Å². The number of nitrogens with one attached hydrogen (secondary N) is 2. The van der Waals surface area contributed by atoms with E-state index in [0.717, 1.165) is 16.9 Å². The first-order chi connectivity index (χ1) is 18.0. The number of carbonyl (C=O) groups is 3. The van der Waals surface area contributed by atoms with Gasteiger partial charge in [-0.2, -0.15) is 0 Å². The van der Waals surface area contributed by atoms with Crippen LogP contribution in [0.2, 0.25) is 0 Å². The van der Waals surface area contributed by atoms with Crippen LogP contribution in [-0.4, -0.2) is 48.7 Å². The van der Waals surface area contributed by atoms with E-state index in [1.807, 2.05) is 66.7 Å². The lowest BCUT2D eigenvalue weighted by Gasteiger charge is -2.19. The fourth-order valence-electron chi connectivity index (χ4n) is 4.00. The summed E-state index contributed by atoms with van der Waals surface area (Å²) in [6, 6.07) is 17.0. The molecule has 1 heterocycles. The molecule has 2 aromatic carbocycles. The first kappa shape index (κ1) is 27.9. The second-order valence-electron chi connectivity index (χ2n) is 9.08. The number of cyclic esters (lactones) is 1. The predicted octanol–water partition coefficient (Wildman–Crippen LogP) is 3.08. The molecule has 37 heavy (non-hydrogen) atoms. The van der Waals surface area contributed by atoms with E-state index in [1.165, 1.54) is 0 Å². The van der Waals surface area contributed by atoms with Gasteiger partial charge >= 0.3 is 5.97 Å². The molecule has 2 unspecified atom stereocenters. The summed E-state index contributed by atoms with van der Waals surface area (Å²) < 4.78 is 10.9. The van der Waals surface area contributed by atoms with Crippen LogP contribution in [0.25, 0.3) is 0 Å². The molecular weight excluding hydrogens is 472 g/mol. The summed E-state index contributed by atoms with van der Waals surface area (Å²) >= 11 is 0. The van der Waals surface area contributed by atoms with Gasteiger partial charge in [0, 0.05) is 12.8 Å². The van der Waals surface area contributed by atoms with Crippen LogP contribution in [0.15, 0.2) is 66.7 Å². The van der Waals surface area contributed by atoms with Crippen LogP contribution < -0.4 is 15.4 Å². The molecule has 8 nitrogen and oxygen atoms in total. The van der Waals surface area contributed by atoms with Gasteiger partial charge in [0.25, 0.3) is 0 Å². The third kappa shape index (κ3) is 10.5. The van der Waals surface area contributed by atoms with Crippen LogP contribution in [-0.2, 0) is 32.1 Å². The zero-order chi connectivity index (χ0) is 26.3. The molecule has 198 valence electrons. The van der Waals surface area contributed by atoms with Crippen LogP contribution in [0.3, 0.4) is 0 Å². The van der Waals surface area contributed by atoms with Crippen molar-refractivity contribution < 1.29 is 29.0 Å². The number of hydrogen-bond acceptors (Lipinski definition) is 6. The Morgan fingerprint density at radius 1 is 1.08 bits per heavy atom. The topological polar surface area (TPSA) is 114 Å². The molecule has 0 aromatic heterocycles. The highest BCUT2D eigenvalue weighted by molar-refractivity contribution is 5.86. The summed E-state index contributed by atoms with van der Waals surface area (Å²) in [5.74, 6) is -0.646. The normalized spacial score (nSPS) is 17.8. The van der Waals surface area contributed by atoms with Crippen LogP contribution in [0, 0.1) is 5.92 Å². The van der Waals surface area contributed by atoms with Crippen molar-refractivity contribution in [1.82, 2.24) is 10.6 Å². The summed E-state index contributed by atoms with van der Waals surface area (Å²) in [6.45, 7) is 0.570. The Labute approximate surface area is 218 Å². The summed E-state index contributed by atoms with van der Waals surface area (Å²) in [6.07, 6.45) is 6.40. The molecule has 0 aliphatic carbocycles. The summed E-state index contributed by atoms with van der Waals surface area (Å²) in [5, 5.41) is 15.4. The largest absolute Gasteiger partial charge is 0.489 e. The minimum absolute atomic E-state index is 0.00127. The zero-order valence-electron chi connectivity index (χ0n) is 21.1. The van der Waals surface area contributed by atoms with Crippen molar-refractivity contribution in [3.05, 3.63) is 77.9 Å². The van der Waals surface area contributed by atoms with Gasteiger partial charge in [-0.1, -0.05) is 54.6 Å². The average Bonchev–Trinajstić information content (AvgIpc) is 2.92. The molecule has 2 amide bonds. The molecule has 0 bridgehead atoms. The van der Waals surface area contributed by atoms with E-state index in [9.17, 15) is 19.5 Å². The highest BCUT2D eigenvalue weighted by Crippen LogP contribution is 2.16. The smallest absolute Gasteiger partial charge is 0.305 e. The van der Waals surface area contributed by atoms with E-state index in [2.05, 4.69) is 10.6 Å². The molecule has 2 aromatic rings. The fraction of sp³-hybridized carbons (Fsp3) is 0.414. The zero-order valence-corrected chi connectivity index (χ0v) is 21.1. The molecule has 0 fully saturated rings. The molecule has 1 aliphatic heterocycles. The maximum Gasteiger partial charge on any atom is 0.305 e. The van der Waals surface area contributed by atoms with Gasteiger partial charge < -0.3 is 25.2 Å². The number of amides is 2. The Morgan fingerprint density at radius 3 is 2.62 bits per heavy atom. The van der Waals surface area contributed by atoms with Gasteiger partial charge in [0.1, 0.15) is 19.0 Å². The Kier molecular flexibility index (Phi) is 11.7. The number of aliphatic hydroxyl groups excluding tert-OH is 1. The monoisotopic (exact) mass is 508 g/mol. The van der Waals surface area contributed by atoms with Crippen molar-refractivity contribution in [3.63, 3.8) is 0 Å². The first-order valence-electron chi connectivity index (χ1n) is 12.8. The van der Waals surface area contributed by atoms with Crippen LogP contribution in [0.5, 0.6) is 5.75 Å². The highest BCUT2D eigenvalue weighted by atomic mass is 16.5. The Bertz CT molecular complexity index is 1020. The molecule has 3 N–H and O–H groups in total. The van der Waals surface area contributed by atoms with Gasteiger partial charge in [-0.25, -0.2) is 0 Å². The number of rotatable bonds is 9. The third-order valence-corrected chi connectivity index (χ3v) is 6.05. The van der Waals surface area contributed by atoms with Crippen LogP contribution in [0.4, 0.5) is 0 Å². The lowest BCUT2D eigenvalue weighted by Crippen LogP contribution is -2.42. The number of ether oxygens (including phenoxy) is 2. The van der Waals surface area contributed by atoms with Gasteiger partial charge in [0.2, 0.25) is 11.8 Å². The lowest BCUT2D eigenvalue weighted by molar-refractivity contribution is -0.144. The molecule has 1 aliphatic rings. The standard InChI is InChI=1S/C29H36N2O6/c32-20-25(18-22-12-14-26(15-13-22)37-21-23-8-4-3-5-9-23)31-27(33)19-24-10-6-1-2-7-11-28(34)36-17-16-30-29(24)35/h1,3-6,8-9,12-15,24-25,32H,2,7,10-11,16-21H2,(H,30,35)(H,31,33). The molecular formula is C29H36N2O6. The molecule has 0 saturated heterocycles. The Balaban J connectivity index is 1.49. The molecule has 2 atom stereocenters. The molecule has 8 heteroatoms. The van der Waals surface area contributed by atoms with Gasteiger partial charge in [0.15, 0.2) is 0 Å². The summed E-state index contributed by atoms with van der Waals surface area (Å²) in [7, 11) is 0. The Morgan fingerprint density at radius 2 is 1.86 bits per heavy atom. The van der Waals surface area contributed by atoms with E-state index in [-0.39, 0.29) is 44.0 Å². The molecule has 0 radical (unpaired) electrons. The van der Waals surface area contributed by atoms with Crippen molar-refractivity contribution in [2.75, 3.05) is 19.8 Å². The van der Waals surface area contributed by atoms with E-state index in [0.29, 0.717) is 38.7 Å². The van der Waals surface area contributed by atoms with E-state index >= 15 is 0 Å². The van der Waals surface area contributed by atoms with Crippen molar-refractivity contribution in [3.8, 4) is 5.75 Å². The van der Waals surface area contributed by atoms with Crippen LogP contribution in [0.1, 0.15) is 43.2 Å². The number of hydrogen-bond donors (Lipinski definition) is 3. The van der Waals surface area contributed by atoms with Gasteiger partial charge in [-0.15, -0.1) is 0 Å². The lowest BCUT2D eigenvalue weighted by atomic mass is 9.98. The van der Waals surface area contributed by atoms with Gasteiger partial charge in [-0.05, 0) is 48.9 Å². The average molecular weight is 509 g/mol. The van der Waals surface area contributed by atoms with Crippen molar-refractivity contribution >= 4 is 17.8 Å². The van der Waals surface area contributed by atoms with Crippen LogP contribution >= 0.6 is 0 Å². The van der Waals surface area contributed by atoms with Gasteiger partial charge in [-0.3, -0.25) is 14.4 Å². The number of carbonyl (C=O) groups excluding carboxylic acids is 3. The number of benzene rings is 2. The molecule has 0 saturated carbocycles. The quantitative estimate of drug-likeness (QED) is 0.354. The second-order valence-corrected chi connectivity index (χ2v) is 9.08. The SMILES string of the molecule is O=C(CC1CC=CCCCC(=O)OCCNC1=O)NC(CO)Cc1ccc(OCc2ccccc2)cc1. The van der Waals surface area contributed by atoms with Gasteiger partial charge in [0.05, 0.1) is 25.1 Å². The fourth-order valence-corrected chi connectivity index (χ4v) is 4.00. The predicted molar refractivity (Wildman–Crippen MR) is 140 cm³/mol. The van der Waals surface area contributed by atoms with Crippen molar-refractivity contribution in [1.29, 1.82) is 0 Å².